The van der Waals surface area contributed by atoms with Crippen LogP contribution in [0.1, 0.15) is 0 Å². The summed E-state index contributed by atoms with van der Waals surface area (Å²) < 4.78 is 18.7. The van der Waals surface area contributed by atoms with Gasteiger partial charge in [-0.1, -0.05) is 158 Å². The van der Waals surface area contributed by atoms with E-state index in [1.165, 1.54) is 43.6 Å². The summed E-state index contributed by atoms with van der Waals surface area (Å²) in [5.74, 6) is 1.66. The van der Waals surface area contributed by atoms with Gasteiger partial charge in [0.15, 0.2) is 0 Å². The average Bonchev–Trinajstić information content (AvgIpc) is 4.09. The number of benzene rings is 9. The Bertz CT molecular complexity index is 3470. The molecule has 4 heteroatoms. The number of hydrogen-bond donors (Lipinski definition) is 0. The van der Waals surface area contributed by atoms with E-state index in [9.17, 15) is 0 Å². The first-order valence-corrected chi connectivity index (χ1v) is 21.1. The molecule has 0 saturated carbocycles. The normalized spacial score (nSPS) is 11.9. The summed E-state index contributed by atoms with van der Waals surface area (Å²) in [5, 5.41) is 6.99. The van der Waals surface area contributed by atoms with E-state index in [1.54, 1.807) is 0 Å². The molecule has 9 aromatic carbocycles. The first-order valence-electron chi connectivity index (χ1n) is 21.1. The highest BCUT2D eigenvalue weighted by molar-refractivity contribution is 6.13. The number of aromatic nitrogens is 2. The minimum atomic E-state index is 0.807. The highest BCUT2D eigenvalue weighted by atomic mass is 16.3. The van der Waals surface area contributed by atoms with Crippen LogP contribution in [0.4, 0.5) is 0 Å². The third kappa shape index (κ3) is 5.20. The number of rotatable bonds is 6. The molecule has 0 radical (unpaired) electrons. The van der Waals surface area contributed by atoms with Crippen LogP contribution in [-0.4, -0.2) is 9.13 Å². The van der Waals surface area contributed by atoms with Crippen LogP contribution in [0.3, 0.4) is 0 Å². The van der Waals surface area contributed by atoms with E-state index < -0.39 is 0 Å². The van der Waals surface area contributed by atoms with Gasteiger partial charge in [0.1, 0.15) is 22.7 Å². The lowest BCUT2D eigenvalue weighted by atomic mass is 9.95. The van der Waals surface area contributed by atoms with Gasteiger partial charge < -0.3 is 18.0 Å². The maximum Gasteiger partial charge on any atom is 0.143 e. The lowest BCUT2D eigenvalue weighted by Crippen LogP contribution is -1.93. The molecule has 0 unspecified atom stereocenters. The van der Waals surface area contributed by atoms with Crippen molar-refractivity contribution in [3.05, 3.63) is 218 Å². The Kier molecular flexibility index (Phi) is 7.57. The number of para-hydroxylation sites is 4. The molecule has 0 spiro atoms. The fourth-order valence-corrected chi connectivity index (χ4v) is 9.80. The monoisotopic (exact) mass is 792 g/mol. The SMILES string of the molecule is c1ccc(-c2oc3cc4c(-c5ccc(-n6c7ccccc7c7ccccc76)cc5)c(-c5ccccc5)oc4cc3c2-c2ccc(-n3c4ccccc4c4ccccc43)cc2)cc1. The number of hydrogen-bond acceptors (Lipinski definition) is 2. The van der Waals surface area contributed by atoms with Crippen molar-refractivity contribution in [1.29, 1.82) is 0 Å². The molecule has 13 rings (SSSR count). The zero-order chi connectivity index (χ0) is 40.7. The third-order valence-corrected chi connectivity index (χ3v) is 12.6. The van der Waals surface area contributed by atoms with Crippen LogP contribution in [0.2, 0.25) is 0 Å². The minimum Gasteiger partial charge on any atom is -0.455 e. The summed E-state index contributed by atoms with van der Waals surface area (Å²) in [6, 6.07) is 77.5. The first kappa shape index (κ1) is 34.5. The fraction of sp³-hybridized carbons (Fsp3) is 0. The fourth-order valence-electron chi connectivity index (χ4n) is 9.80. The van der Waals surface area contributed by atoms with Crippen LogP contribution in [0, 0.1) is 0 Å². The van der Waals surface area contributed by atoms with E-state index in [2.05, 4.69) is 215 Å². The molecule has 0 bridgehead atoms. The van der Waals surface area contributed by atoms with Gasteiger partial charge >= 0.3 is 0 Å². The number of nitrogens with zero attached hydrogens (tertiary/aromatic N) is 2. The van der Waals surface area contributed by atoms with Gasteiger partial charge in [0, 0.05) is 65.9 Å². The maximum absolute atomic E-state index is 6.97. The lowest BCUT2D eigenvalue weighted by Gasteiger charge is -2.10. The Balaban J connectivity index is 0.989. The second-order valence-corrected chi connectivity index (χ2v) is 16.0. The standard InChI is InChI=1S/C58H36N2O2/c1-3-15-39(16-4-1)57-55(37-27-31-41(32-28-37)59-49-23-11-7-19-43(49)44-20-8-12-24-50(44)59)47-35-54-48(36-53(47)61-57)56(58(62-54)40-17-5-2-6-18-40)38-29-33-42(34-30-38)60-51-25-13-9-21-45(51)46-22-10-14-26-52(46)60/h1-36H. The number of fused-ring (bicyclic) bond motifs is 8. The van der Waals surface area contributed by atoms with E-state index in [0.717, 1.165) is 78.2 Å². The second-order valence-electron chi connectivity index (χ2n) is 16.0. The summed E-state index contributed by atoms with van der Waals surface area (Å²) in [6.45, 7) is 0. The van der Waals surface area contributed by atoms with Gasteiger partial charge in [0.25, 0.3) is 0 Å². The van der Waals surface area contributed by atoms with Crippen molar-refractivity contribution >= 4 is 65.6 Å². The highest BCUT2D eigenvalue weighted by Crippen LogP contribution is 2.47. The van der Waals surface area contributed by atoms with Crippen molar-refractivity contribution in [3.8, 4) is 56.3 Å². The Morgan fingerprint density at radius 2 is 0.565 bits per heavy atom. The van der Waals surface area contributed by atoms with Crippen molar-refractivity contribution in [2.45, 2.75) is 0 Å². The van der Waals surface area contributed by atoms with E-state index in [-0.39, 0.29) is 0 Å². The minimum absolute atomic E-state index is 0.807. The zero-order valence-corrected chi connectivity index (χ0v) is 33.5. The van der Waals surface area contributed by atoms with Gasteiger partial charge in [-0.3, -0.25) is 0 Å². The topological polar surface area (TPSA) is 36.1 Å². The average molecular weight is 793 g/mol. The van der Waals surface area contributed by atoms with Gasteiger partial charge in [-0.05, 0) is 71.8 Å². The molecule has 0 aliphatic heterocycles. The molecular formula is C58H36N2O2. The maximum atomic E-state index is 6.97. The molecule has 290 valence electrons. The summed E-state index contributed by atoms with van der Waals surface area (Å²) in [4.78, 5) is 0. The van der Waals surface area contributed by atoms with Crippen LogP contribution < -0.4 is 0 Å². The van der Waals surface area contributed by atoms with Crippen molar-refractivity contribution in [2.24, 2.45) is 0 Å². The summed E-state index contributed by atoms with van der Waals surface area (Å²) >= 11 is 0. The lowest BCUT2D eigenvalue weighted by molar-refractivity contribution is 0.628. The van der Waals surface area contributed by atoms with E-state index in [0.29, 0.717) is 0 Å². The summed E-state index contributed by atoms with van der Waals surface area (Å²) in [7, 11) is 0. The Morgan fingerprint density at radius 1 is 0.258 bits per heavy atom. The molecule has 0 atom stereocenters. The Hall–Kier alpha value is -8.34. The van der Waals surface area contributed by atoms with Crippen LogP contribution in [-0.2, 0) is 0 Å². The Labute approximate surface area is 356 Å². The van der Waals surface area contributed by atoms with Gasteiger partial charge in [0.05, 0.1) is 22.1 Å². The molecule has 0 fully saturated rings. The zero-order valence-electron chi connectivity index (χ0n) is 33.5. The van der Waals surface area contributed by atoms with Crippen LogP contribution >= 0.6 is 0 Å². The molecule has 0 saturated heterocycles. The number of furan rings is 2. The van der Waals surface area contributed by atoms with Crippen molar-refractivity contribution in [2.75, 3.05) is 0 Å². The summed E-state index contributed by atoms with van der Waals surface area (Å²) in [5.41, 5.74) is 14.8. The molecule has 62 heavy (non-hydrogen) atoms. The van der Waals surface area contributed by atoms with Gasteiger partial charge in [0.2, 0.25) is 0 Å². The second kappa shape index (κ2) is 13.6. The van der Waals surface area contributed by atoms with Crippen LogP contribution in [0.25, 0.3) is 122 Å². The van der Waals surface area contributed by atoms with Crippen LogP contribution in [0.5, 0.6) is 0 Å². The largest absolute Gasteiger partial charge is 0.455 e. The van der Waals surface area contributed by atoms with E-state index in [1.807, 2.05) is 12.1 Å². The van der Waals surface area contributed by atoms with Crippen molar-refractivity contribution in [1.82, 2.24) is 9.13 Å². The predicted molar refractivity (Wildman–Crippen MR) is 256 cm³/mol. The van der Waals surface area contributed by atoms with Gasteiger partial charge in [-0.2, -0.15) is 0 Å². The van der Waals surface area contributed by atoms with E-state index >= 15 is 0 Å². The molecular weight excluding hydrogens is 757 g/mol. The Morgan fingerprint density at radius 3 is 0.903 bits per heavy atom. The highest BCUT2D eigenvalue weighted by Gasteiger charge is 2.24. The molecule has 0 aliphatic rings. The summed E-state index contributed by atoms with van der Waals surface area (Å²) in [6.07, 6.45) is 0. The molecule has 0 amide bonds. The third-order valence-electron chi connectivity index (χ3n) is 12.6. The van der Waals surface area contributed by atoms with Gasteiger partial charge in [-0.25, -0.2) is 0 Å². The van der Waals surface area contributed by atoms with Crippen molar-refractivity contribution < 1.29 is 8.83 Å². The smallest absolute Gasteiger partial charge is 0.143 e. The van der Waals surface area contributed by atoms with Gasteiger partial charge in [-0.15, -0.1) is 0 Å². The quantitative estimate of drug-likeness (QED) is 0.168. The molecule has 0 N–H and O–H groups in total. The van der Waals surface area contributed by atoms with Crippen LogP contribution in [0.15, 0.2) is 227 Å². The van der Waals surface area contributed by atoms with Crippen molar-refractivity contribution in [3.63, 3.8) is 0 Å². The van der Waals surface area contributed by atoms with E-state index in [4.69, 9.17) is 8.83 Å². The molecule has 4 nitrogen and oxygen atoms in total. The molecule has 13 aromatic rings. The predicted octanol–water partition coefficient (Wildman–Crippen LogP) is 16.0. The molecule has 4 aromatic heterocycles. The molecule has 4 heterocycles. The first-order chi connectivity index (χ1) is 30.8. The molecule has 0 aliphatic carbocycles.